The van der Waals surface area contributed by atoms with Gasteiger partial charge >= 0.3 is 0 Å². The molecule has 0 atom stereocenters. The molecule has 1 aromatic heterocycles. The van der Waals surface area contributed by atoms with Gasteiger partial charge in [-0.25, -0.2) is 4.98 Å². The van der Waals surface area contributed by atoms with Gasteiger partial charge < -0.3 is 15.4 Å². The Bertz CT molecular complexity index is 909. The molecule has 2 heterocycles. The third-order valence-corrected chi connectivity index (χ3v) is 5.03. The number of halogens is 1. The lowest BCUT2D eigenvalue weighted by Crippen LogP contribution is -2.20. The Morgan fingerprint density at radius 1 is 1.21 bits per heavy atom. The van der Waals surface area contributed by atoms with Crippen LogP contribution < -0.4 is 15.4 Å². The zero-order chi connectivity index (χ0) is 16.7. The van der Waals surface area contributed by atoms with Crippen LogP contribution in [-0.4, -0.2) is 18.6 Å². The van der Waals surface area contributed by atoms with E-state index in [0.29, 0.717) is 0 Å². The van der Waals surface area contributed by atoms with Crippen molar-refractivity contribution in [3.05, 3.63) is 58.1 Å². The van der Waals surface area contributed by atoms with Gasteiger partial charge in [-0.05, 0) is 42.3 Å². The number of methoxy groups -OCH3 is 1. The molecule has 0 unspecified atom stereocenters. The molecular formula is C19H18BrN3O. The summed E-state index contributed by atoms with van der Waals surface area (Å²) in [6.07, 6.45) is 0.937. The fraction of sp³-hybridized carbons (Fsp3) is 0.211. The number of hydrogen-bond acceptors (Lipinski definition) is 4. The molecule has 3 aromatic rings. The number of benzene rings is 2. The van der Waals surface area contributed by atoms with Crippen molar-refractivity contribution in [3.8, 4) is 5.75 Å². The number of anilines is 2. The van der Waals surface area contributed by atoms with Crippen LogP contribution in [0.5, 0.6) is 5.75 Å². The zero-order valence-electron chi connectivity index (χ0n) is 13.4. The summed E-state index contributed by atoms with van der Waals surface area (Å²) in [4.78, 5) is 7.17. The van der Waals surface area contributed by atoms with Crippen LogP contribution in [0.25, 0.3) is 10.9 Å². The maximum absolute atomic E-state index is 6.43. The quantitative estimate of drug-likeness (QED) is 0.737. The van der Waals surface area contributed by atoms with Gasteiger partial charge in [0.2, 0.25) is 0 Å². The van der Waals surface area contributed by atoms with Crippen molar-refractivity contribution in [2.75, 3.05) is 24.3 Å². The largest absolute Gasteiger partial charge is 0.497 e. The average molecular weight is 384 g/mol. The van der Waals surface area contributed by atoms with Crippen LogP contribution in [0.15, 0.2) is 46.9 Å². The van der Waals surface area contributed by atoms with E-state index >= 15 is 0 Å². The minimum Gasteiger partial charge on any atom is -0.497 e. The fourth-order valence-corrected chi connectivity index (χ4v) is 3.61. The van der Waals surface area contributed by atoms with Gasteiger partial charge in [0.15, 0.2) is 0 Å². The Morgan fingerprint density at radius 3 is 2.75 bits per heavy atom. The molecule has 4 nitrogen and oxygen atoms in total. The number of ether oxygens (including phenoxy) is 1. The molecule has 0 amide bonds. The van der Waals surface area contributed by atoms with E-state index in [-0.39, 0.29) is 0 Å². The number of fused-ring (bicyclic) bond motifs is 2. The van der Waals surface area contributed by atoms with E-state index in [9.17, 15) is 0 Å². The number of pyridine rings is 1. The van der Waals surface area contributed by atoms with Crippen LogP contribution in [0, 0.1) is 0 Å². The van der Waals surface area contributed by atoms with E-state index in [1.54, 1.807) is 7.11 Å². The first-order valence-corrected chi connectivity index (χ1v) is 8.70. The Hall–Kier alpha value is -2.27. The van der Waals surface area contributed by atoms with E-state index in [4.69, 9.17) is 15.5 Å². The van der Waals surface area contributed by atoms with Crippen LogP contribution in [0.2, 0.25) is 0 Å². The molecule has 0 spiro atoms. The molecule has 0 aliphatic carbocycles. The molecule has 0 saturated carbocycles. The topological polar surface area (TPSA) is 51.4 Å². The third-order valence-electron chi connectivity index (χ3n) is 4.53. The summed E-state index contributed by atoms with van der Waals surface area (Å²) in [7, 11) is 1.68. The second kappa shape index (κ2) is 5.98. The SMILES string of the molecule is COc1ccc(CN2CCc3c2nc2ccc(Br)cc2c3N)cc1. The standard InChI is InChI=1S/C19H18BrN3O/c1-24-14-5-2-12(3-6-14)11-23-9-8-15-18(21)16-10-13(20)4-7-17(16)22-19(15)23/h2-7,10H,8-9,11H2,1H3,(H2,21,22). The first-order valence-electron chi connectivity index (χ1n) is 7.91. The van der Waals surface area contributed by atoms with Crippen LogP contribution in [0.3, 0.4) is 0 Å². The number of aromatic nitrogens is 1. The summed E-state index contributed by atoms with van der Waals surface area (Å²) in [5, 5.41) is 1.02. The van der Waals surface area contributed by atoms with Crippen molar-refractivity contribution < 1.29 is 4.74 Å². The molecular weight excluding hydrogens is 366 g/mol. The lowest BCUT2D eigenvalue weighted by atomic mass is 10.1. The summed E-state index contributed by atoms with van der Waals surface area (Å²) in [6, 6.07) is 14.2. The number of rotatable bonds is 3. The third kappa shape index (κ3) is 2.59. The van der Waals surface area contributed by atoms with Crippen molar-refractivity contribution in [2.24, 2.45) is 0 Å². The lowest BCUT2D eigenvalue weighted by molar-refractivity contribution is 0.414. The van der Waals surface area contributed by atoms with Gasteiger partial charge in [0.25, 0.3) is 0 Å². The molecule has 0 radical (unpaired) electrons. The van der Waals surface area contributed by atoms with Crippen molar-refractivity contribution >= 4 is 38.3 Å². The smallest absolute Gasteiger partial charge is 0.134 e. The highest BCUT2D eigenvalue weighted by molar-refractivity contribution is 9.10. The maximum atomic E-state index is 6.43. The average Bonchev–Trinajstić information content (AvgIpc) is 2.99. The highest BCUT2D eigenvalue weighted by Crippen LogP contribution is 2.37. The summed E-state index contributed by atoms with van der Waals surface area (Å²) >= 11 is 3.51. The number of nitrogen functional groups attached to an aromatic ring is 1. The molecule has 24 heavy (non-hydrogen) atoms. The minimum absolute atomic E-state index is 0.825. The summed E-state index contributed by atoms with van der Waals surface area (Å²) in [5.41, 5.74) is 10.6. The van der Waals surface area contributed by atoms with Crippen LogP contribution in [0.4, 0.5) is 11.5 Å². The number of hydrogen-bond donors (Lipinski definition) is 1. The van der Waals surface area contributed by atoms with Crippen LogP contribution >= 0.6 is 15.9 Å². The fourth-order valence-electron chi connectivity index (χ4n) is 3.25. The van der Waals surface area contributed by atoms with Crippen LogP contribution in [0.1, 0.15) is 11.1 Å². The van der Waals surface area contributed by atoms with Gasteiger partial charge in [0.05, 0.1) is 12.6 Å². The summed E-state index contributed by atoms with van der Waals surface area (Å²) in [6.45, 7) is 1.77. The molecule has 4 rings (SSSR count). The van der Waals surface area contributed by atoms with Gasteiger partial charge in [-0.1, -0.05) is 28.1 Å². The summed E-state index contributed by atoms with van der Waals surface area (Å²) < 4.78 is 6.25. The monoisotopic (exact) mass is 383 g/mol. The maximum Gasteiger partial charge on any atom is 0.134 e. The Labute approximate surface area is 149 Å². The predicted octanol–water partition coefficient (Wildman–Crippen LogP) is 4.15. The second-order valence-electron chi connectivity index (χ2n) is 6.01. The molecule has 0 bridgehead atoms. The van der Waals surface area contributed by atoms with Gasteiger partial charge in [-0.15, -0.1) is 0 Å². The van der Waals surface area contributed by atoms with Gasteiger partial charge in [0, 0.05) is 34.2 Å². The van der Waals surface area contributed by atoms with Crippen LogP contribution in [-0.2, 0) is 13.0 Å². The van der Waals surface area contributed by atoms with Crippen molar-refractivity contribution in [3.63, 3.8) is 0 Å². The van der Waals surface area contributed by atoms with Crippen molar-refractivity contribution in [2.45, 2.75) is 13.0 Å². The Kier molecular flexibility index (Phi) is 3.81. The molecule has 0 saturated heterocycles. The second-order valence-corrected chi connectivity index (χ2v) is 6.92. The molecule has 122 valence electrons. The zero-order valence-corrected chi connectivity index (χ0v) is 15.0. The number of nitrogens with two attached hydrogens (primary N) is 1. The van der Waals surface area contributed by atoms with Gasteiger partial charge in [-0.3, -0.25) is 0 Å². The molecule has 1 aliphatic heterocycles. The molecule has 0 fully saturated rings. The van der Waals surface area contributed by atoms with Crippen molar-refractivity contribution in [1.82, 2.24) is 4.98 Å². The Balaban J connectivity index is 1.70. The van der Waals surface area contributed by atoms with E-state index in [0.717, 1.165) is 57.7 Å². The predicted molar refractivity (Wildman–Crippen MR) is 102 cm³/mol. The highest BCUT2D eigenvalue weighted by Gasteiger charge is 2.24. The Morgan fingerprint density at radius 2 is 2.00 bits per heavy atom. The first kappa shape index (κ1) is 15.3. The molecule has 1 aliphatic rings. The van der Waals surface area contributed by atoms with Crippen molar-refractivity contribution in [1.29, 1.82) is 0 Å². The molecule has 2 N–H and O–H groups in total. The first-order chi connectivity index (χ1) is 11.7. The minimum atomic E-state index is 0.825. The van der Waals surface area contributed by atoms with Gasteiger partial charge in [-0.2, -0.15) is 0 Å². The molecule has 2 aromatic carbocycles. The van der Waals surface area contributed by atoms with E-state index in [2.05, 4.69) is 33.0 Å². The number of nitrogens with zero attached hydrogens (tertiary/aromatic N) is 2. The van der Waals surface area contributed by atoms with Gasteiger partial charge in [0.1, 0.15) is 11.6 Å². The lowest BCUT2D eigenvalue weighted by Gasteiger charge is -2.19. The van der Waals surface area contributed by atoms with E-state index in [1.807, 2.05) is 30.3 Å². The van der Waals surface area contributed by atoms with E-state index < -0.39 is 0 Å². The highest BCUT2D eigenvalue weighted by atomic mass is 79.9. The van der Waals surface area contributed by atoms with E-state index in [1.165, 1.54) is 5.56 Å². The summed E-state index contributed by atoms with van der Waals surface area (Å²) in [5.74, 6) is 1.89. The normalized spacial score (nSPS) is 13.3. The molecule has 5 heteroatoms.